The Hall–Kier alpha value is -3.88. The van der Waals surface area contributed by atoms with E-state index in [9.17, 15) is 5.21 Å². The van der Waals surface area contributed by atoms with E-state index >= 15 is 0 Å². The Kier molecular flexibility index (Phi) is 4.17. The van der Waals surface area contributed by atoms with Crippen LogP contribution in [-0.4, -0.2) is 27.3 Å². The highest BCUT2D eigenvalue weighted by atomic mass is 16.8. The van der Waals surface area contributed by atoms with Gasteiger partial charge in [-0.2, -0.15) is 0 Å². The summed E-state index contributed by atoms with van der Waals surface area (Å²) in [6, 6.07) is 14.5. The molecule has 0 amide bonds. The number of benzene rings is 2. The fourth-order valence-corrected chi connectivity index (χ4v) is 2.73. The monoisotopic (exact) mass is 364 g/mol. The number of aromatic nitrogens is 5. The number of methoxy groups -OCH3 is 1. The van der Waals surface area contributed by atoms with E-state index in [1.165, 1.54) is 0 Å². The Morgan fingerprint density at radius 3 is 2.74 bits per heavy atom. The molecule has 0 aliphatic carbocycles. The number of hydrogen-bond donors (Lipinski definition) is 1. The summed E-state index contributed by atoms with van der Waals surface area (Å²) < 4.78 is 11.5. The highest BCUT2D eigenvalue weighted by Crippen LogP contribution is 2.24. The summed E-state index contributed by atoms with van der Waals surface area (Å²) in [6.07, 6.45) is 1.74. The molecule has 0 saturated heterocycles. The molecule has 27 heavy (non-hydrogen) atoms. The van der Waals surface area contributed by atoms with Gasteiger partial charge < -0.3 is 15.7 Å². The summed E-state index contributed by atoms with van der Waals surface area (Å²) in [7, 11) is 1.59. The Labute approximate surface area is 154 Å². The number of rotatable bonds is 5. The predicted octanol–water partition coefficient (Wildman–Crippen LogP) is 1.87. The Morgan fingerprint density at radius 1 is 1.19 bits per heavy atom. The minimum absolute atomic E-state index is 0.156. The number of hydrogen-bond acceptors (Lipinski definition) is 7. The number of nitrogens with two attached hydrogens (primary N) is 1. The van der Waals surface area contributed by atoms with Crippen molar-refractivity contribution in [1.29, 1.82) is 0 Å². The molecular formula is C18H16N6O3. The molecular weight excluding hydrogens is 348 g/mol. The first-order chi connectivity index (χ1) is 13.1. The van der Waals surface area contributed by atoms with E-state index < -0.39 is 0 Å². The minimum Gasteiger partial charge on any atom is -0.497 e. The van der Waals surface area contributed by atoms with Crippen LogP contribution in [0.4, 0.5) is 5.69 Å². The van der Waals surface area contributed by atoms with Crippen LogP contribution >= 0.6 is 0 Å². The maximum absolute atomic E-state index is 12.0. The Bertz CT molecular complexity index is 1070. The van der Waals surface area contributed by atoms with Gasteiger partial charge in [0.25, 0.3) is 5.69 Å². The lowest BCUT2D eigenvalue weighted by molar-refractivity contribution is -0.808. The third-order valence-electron chi connectivity index (χ3n) is 4.10. The van der Waals surface area contributed by atoms with Gasteiger partial charge in [-0.25, -0.2) is 4.68 Å². The van der Waals surface area contributed by atoms with Gasteiger partial charge >= 0.3 is 0 Å². The molecule has 2 N–H and O–H groups in total. The van der Waals surface area contributed by atoms with Crippen molar-refractivity contribution in [2.75, 3.05) is 12.8 Å². The fraction of sp³-hybridized carbons (Fsp3) is 0.111. The molecule has 0 atom stereocenters. The van der Waals surface area contributed by atoms with E-state index in [1.807, 2.05) is 18.2 Å². The molecule has 0 aliphatic heterocycles. The number of anilines is 1. The minimum atomic E-state index is 0.156. The molecule has 9 nitrogen and oxygen atoms in total. The summed E-state index contributed by atoms with van der Waals surface area (Å²) in [5.41, 5.74) is 9.44. The molecule has 4 rings (SSSR count). The van der Waals surface area contributed by atoms with Crippen molar-refractivity contribution < 1.29 is 14.3 Å². The number of nitrogens with zero attached hydrogens (tertiary/aromatic N) is 5. The molecule has 0 spiro atoms. The molecule has 0 aliphatic rings. The van der Waals surface area contributed by atoms with E-state index in [1.54, 1.807) is 48.3 Å². The summed E-state index contributed by atoms with van der Waals surface area (Å²) >= 11 is 0. The maximum atomic E-state index is 12.0. The Balaban J connectivity index is 1.63. The van der Waals surface area contributed by atoms with Crippen LogP contribution < -0.4 is 15.4 Å². The van der Waals surface area contributed by atoms with Crippen molar-refractivity contribution in [2.45, 2.75) is 6.54 Å². The molecule has 2 aromatic carbocycles. The zero-order valence-electron chi connectivity index (χ0n) is 14.4. The second-order valence-corrected chi connectivity index (χ2v) is 5.88. The molecule has 2 heterocycles. The fourth-order valence-electron chi connectivity index (χ4n) is 2.73. The van der Waals surface area contributed by atoms with Crippen LogP contribution in [0.15, 0.2) is 59.4 Å². The Morgan fingerprint density at radius 2 is 2.00 bits per heavy atom. The van der Waals surface area contributed by atoms with Crippen LogP contribution in [-0.2, 0) is 6.54 Å². The zero-order valence-corrected chi connectivity index (χ0v) is 14.4. The van der Waals surface area contributed by atoms with Crippen molar-refractivity contribution in [2.24, 2.45) is 0 Å². The summed E-state index contributed by atoms with van der Waals surface area (Å²) in [6.45, 7) is 0.156. The lowest BCUT2D eigenvalue weighted by atomic mass is 10.1. The molecule has 0 bridgehead atoms. The van der Waals surface area contributed by atoms with E-state index in [0.717, 1.165) is 11.1 Å². The van der Waals surface area contributed by atoms with Crippen LogP contribution in [0, 0.1) is 5.21 Å². The third kappa shape index (κ3) is 3.30. The van der Waals surface area contributed by atoms with Crippen LogP contribution in [0.25, 0.3) is 22.5 Å². The van der Waals surface area contributed by atoms with Gasteiger partial charge in [0.05, 0.1) is 13.3 Å². The predicted molar refractivity (Wildman–Crippen MR) is 96.4 cm³/mol. The van der Waals surface area contributed by atoms with Gasteiger partial charge in [0.15, 0.2) is 0 Å². The van der Waals surface area contributed by atoms with Crippen LogP contribution in [0.3, 0.4) is 0 Å². The largest absolute Gasteiger partial charge is 0.497 e. The average Bonchev–Trinajstić information content (AvgIpc) is 3.30. The smallest absolute Gasteiger partial charge is 0.253 e. The van der Waals surface area contributed by atoms with E-state index in [-0.39, 0.29) is 6.54 Å². The van der Waals surface area contributed by atoms with Crippen LogP contribution in [0.2, 0.25) is 0 Å². The standard InChI is InChI=1S/C18H16N6O3/c1-26-15-7-5-12(6-8-15)18-17(24(25)27-21-18)11-23-10-16(20-22-23)13-3-2-4-14(19)9-13/h2-10H,11,19H2,1H3. The molecule has 0 saturated carbocycles. The van der Waals surface area contributed by atoms with Gasteiger partial charge in [-0.15, -0.1) is 5.10 Å². The van der Waals surface area contributed by atoms with Crippen molar-refractivity contribution in [3.63, 3.8) is 0 Å². The summed E-state index contributed by atoms with van der Waals surface area (Å²) in [5.74, 6) is 0.710. The van der Waals surface area contributed by atoms with Gasteiger partial charge in [0.2, 0.25) is 5.69 Å². The van der Waals surface area contributed by atoms with E-state index in [0.29, 0.717) is 33.4 Å². The molecule has 9 heteroatoms. The summed E-state index contributed by atoms with van der Waals surface area (Å²) in [5, 5.41) is 24.1. The maximum Gasteiger partial charge on any atom is 0.253 e. The molecule has 4 aromatic rings. The lowest BCUT2D eigenvalue weighted by Gasteiger charge is -2.01. The third-order valence-corrected chi connectivity index (χ3v) is 4.10. The number of ether oxygens (including phenoxy) is 1. The van der Waals surface area contributed by atoms with Gasteiger partial charge in [0, 0.05) is 22.0 Å². The van der Waals surface area contributed by atoms with Gasteiger partial charge in [-0.05, 0) is 41.3 Å². The van der Waals surface area contributed by atoms with E-state index in [2.05, 4.69) is 15.5 Å². The average molecular weight is 364 g/mol. The van der Waals surface area contributed by atoms with Crippen molar-refractivity contribution in [1.82, 2.24) is 20.2 Å². The molecule has 0 unspecified atom stereocenters. The topological polar surface area (TPSA) is 119 Å². The van der Waals surface area contributed by atoms with Crippen LogP contribution in [0.5, 0.6) is 5.75 Å². The highest BCUT2D eigenvalue weighted by Gasteiger charge is 2.22. The molecule has 0 radical (unpaired) electrons. The number of nitrogen functional groups attached to an aromatic ring is 1. The first-order valence-electron chi connectivity index (χ1n) is 8.13. The van der Waals surface area contributed by atoms with Crippen molar-refractivity contribution in [3.8, 4) is 28.3 Å². The zero-order chi connectivity index (χ0) is 18.8. The van der Waals surface area contributed by atoms with Gasteiger partial charge in [0.1, 0.15) is 18.0 Å². The summed E-state index contributed by atoms with van der Waals surface area (Å²) in [4.78, 5) is 0.376. The van der Waals surface area contributed by atoms with Crippen molar-refractivity contribution in [3.05, 3.63) is 65.6 Å². The SMILES string of the molecule is COc1ccc(-c2no[n+]([O-])c2Cn2cc(-c3cccc(N)c3)nn2)cc1. The second kappa shape index (κ2) is 6.79. The van der Waals surface area contributed by atoms with Crippen LogP contribution in [0.1, 0.15) is 5.69 Å². The molecule has 0 fully saturated rings. The molecule has 2 aromatic heterocycles. The quantitative estimate of drug-likeness (QED) is 0.424. The molecule has 136 valence electrons. The normalized spacial score (nSPS) is 10.9. The highest BCUT2D eigenvalue weighted by molar-refractivity contribution is 5.63. The van der Waals surface area contributed by atoms with Gasteiger partial charge in [-0.3, -0.25) is 4.63 Å². The second-order valence-electron chi connectivity index (χ2n) is 5.88. The lowest BCUT2D eigenvalue weighted by Crippen LogP contribution is -2.29. The van der Waals surface area contributed by atoms with E-state index in [4.69, 9.17) is 15.1 Å². The van der Waals surface area contributed by atoms with Crippen molar-refractivity contribution >= 4 is 5.69 Å². The van der Waals surface area contributed by atoms with Gasteiger partial charge in [-0.1, -0.05) is 17.3 Å². The first-order valence-corrected chi connectivity index (χ1v) is 8.13. The first kappa shape index (κ1) is 16.6.